The van der Waals surface area contributed by atoms with Crippen LogP contribution in [0.3, 0.4) is 0 Å². The maximum Gasteiger partial charge on any atom is 2.00 e. The number of hydrogen-bond acceptors (Lipinski definition) is 3. The molecule has 4 rings (SSSR count). The van der Waals surface area contributed by atoms with Gasteiger partial charge in [-0.2, -0.15) is 0 Å². The number of Topliss-reactive ketones (excluding diaryl/α,β-unsaturated/α-hetero) is 1. The molecule has 2 saturated carbocycles. The third-order valence-corrected chi connectivity index (χ3v) is 4.81. The average molecular weight is 466 g/mol. The van der Waals surface area contributed by atoms with Crippen molar-refractivity contribution >= 4 is 11.7 Å². The van der Waals surface area contributed by atoms with Gasteiger partial charge in [0.2, 0.25) is 0 Å². The number of ketones is 1. The quantitative estimate of drug-likeness (QED) is 0.376. The Labute approximate surface area is 203 Å². The molecule has 2 aromatic carbocycles. The van der Waals surface area contributed by atoms with Gasteiger partial charge in [0.1, 0.15) is 0 Å². The minimum absolute atomic E-state index is 0. The largest absolute Gasteiger partial charge is 2.00 e. The molecular formula is C27H26FeN2O2+2. The zero-order valence-corrected chi connectivity index (χ0v) is 19.0. The van der Waals surface area contributed by atoms with Gasteiger partial charge in [0.15, 0.2) is 5.78 Å². The first-order valence-electron chi connectivity index (χ1n) is 10.2. The fourth-order valence-corrected chi connectivity index (χ4v) is 3.17. The summed E-state index contributed by atoms with van der Waals surface area (Å²) in [6.07, 6.45) is 18.0. The molecule has 0 saturated heterocycles. The minimum Gasteiger partial charge on any atom is -0.294 e. The number of hydrogen-bond donors (Lipinski definition) is 1. The Hall–Kier alpha value is -1.94. The summed E-state index contributed by atoms with van der Waals surface area (Å²) >= 11 is 0. The van der Waals surface area contributed by atoms with Gasteiger partial charge in [0, 0.05) is 36.6 Å². The van der Waals surface area contributed by atoms with Gasteiger partial charge in [0.25, 0.3) is 5.91 Å². The predicted octanol–water partition coefficient (Wildman–Crippen LogP) is 4.33. The number of nitrogens with one attached hydrogen (secondary N) is 1. The molecule has 5 heteroatoms. The Morgan fingerprint density at radius 3 is 1.72 bits per heavy atom. The molecule has 0 spiro atoms. The van der Waals surface area contributed by atoms with E-state index < -0.39 is 0 Å². The van der Waals surface area contributed by atoms with Crippen LogP contribution in [0.25, 0.3) is 0 Å². The van der Waals surface area contributed by atoms with E-state index in [1.54, 1.807) is 19.2 Å². The second-order valence-electron chi connectivity index (χ2n) is 7.09. The van der Waals surface area contributed by atoms with Crippen LogP contribution in [-0.2, 0) is 17.1 Å². The van der Waals surface area contributed by atoms with E-state index in [4.69, 9.17) is 0 Å². The zero-order valence-electron chi connectivity index (χ0n) is 17.9. The normalized spacial score (nSPS) is 16.4. The van der Waals surface area contributed by atoms with Crippen molar-refractivity contribution in [1.29, 1.82) is 0 Å². The fraction of sp³-hybridized carbons (Fsp3) is 0.111. The number of rotatable bonds is 7. The van der Waals surface area contributed by atoms with Gasteiger partial charge in [-0.1, -0.05) is 48.5 Å². The van der Waals surface area contributed by atoms with Gasteiger partial charge >= 0.3 is 17.1 Å². The molecule has 1 amide bonds. The zero-order chi connectivity index (χ0) is 21.9. The van der Waals surface area contributed by atoms with Crippen molar-refractivity contribution in [2.45, 2.75) is 12.5 Å². The van der Waals surface area contributed by atoms with E-state index in [1.165, 1.54) is 5.01 Å². The Morgan fingerprint density at radius 1 is 0.750 bits per heavy atom. The molecule has 1 unspecified atom stereocenters. The molecule has 32 heavy (non-hydrogen) atoms. The predicted molar refractivity (Wildman–Crippen MR) is 123 cm³/mol. The van der Waals surface area contributed by atoms with Gasteiger partial charge in [0.05, 0.1) is 0 Å². The summed E-state index contributed by atoms with van der Waals surface area (Å²) in [6.45, 7) is 0. The van der Waals surface area contributed by atoms with E-state index in [0.29, 0.717) is 11.1 Å². The Bertz CT molecular complexity index is 795. The van der Waals surface area contributed by atoms with Crippen LogP contribution in [0, 0.1) is 63.7 Å². The van der Waals surface area contributed by atoms with Crippen molar-refractivity contribution < 1.29 is 26.7 Å². The van der Waals surface area contributed by atoms with Crippen molar-refractivity contribution in [3.8, 4) is 0 Å². The molecule has 2 aliphatic carbocycles. The number of carbonyl (C=O) groups excluding carboxylic acids is 2. The standard InChI is InChI=1S/C22H21N2O2.C5H5.Fe/c1-24(22(26)19-14-6-3-7-15-19)23-20(17-10-8-9-11-17)16-21(25)18-12-4-2-5-13-18;1-2-4-5-3-1;/h2-15,20,23H,16H2,1H3;1-5H;/q;;+2. The first-order chi connectivity index (χ1) is 15.1. The SMILES string of the molecule is CN(NC(CC(=O)c1ccccc1)[C]1[CH][CH][CH][CH]1)C(=O)c1ccccc1.[CH]1[CH][CH][CH][CH]1.[Fe+2]. The number of nitrogens with zero attached hydrogens (tertiary/aromatic N) is 1. The molecule has 0 heterocycles. The summed E-state index contributed by atoms with van der Waals surface area (Å²) in [6, 6.07) is 18.0. The molecule has 10 radical (unpaired) electrons. The summed E-state index contributed by atoms with van der Waals surface area (Å²) in [4.78, 5) is 25.2. The Morgan fingerprint density at radius 2 is 1.22 bits per heavy atom. The van der Waals surface area contributed by atoms with Gasteiger partial charge in [-0.05, 0) is 69.9 Å². The minimum atomic E-state index is -0.282. The molecule has 0 aliphatic heterocycles. The fourth-order valence-electron chi connectivity index (χ4n) is 3.17. The van der Waals surface area contributed by atoms with Crippen molar-refractivity contribution in [3.05, 3.63) is 135 Å². The van der Waals surface area contributed by atoms with E-state index in [0.717, 1.165) is 5.92 Å². The van der Waals surface area contributed by atoms with E-state index >= 15 is 0 Å². The summed E-state index contributed by atoms with van der Waals surface area (Å²) in [5.74, 6) is 0.862. The van der Waals surface area contributed by atoms with Crippen LogP contribution in [-0.4, -0.2) is 29.8 Å². The first-order valence-corrected chi connectivity index (χ1v) is 10.2. The summed E-state index contributed by atoms with van der Waals surface area (Å²) in [5.41, 5.74) is 4.45. The van der Waals surface area contributed by atoms with E-state index in [1.807, 2.05) is 106 Å². The number of benzene rings is 2. The third-order valence-electron chi connectivity index (χ3n) is 4.81. The maximum absolute atomic E-state index is 12.6. The number of hydrazine groups is 1. The van der Waals surface area contributed by atoms with Crippen LogP contribution in [0.15, 0.2) is 60.7 Å². The third kappa shape index (κ3) is 8.20. The number of carbonyl (C=O) groups is 2. The van der Waals surface area contributed by atoms with Crippen LogP contribution in [0.1, 0.15) is 27.1 Å². The molecule has 162 valence electrons. The van der Waals surface area contributed by atoms with Crippen molar-refractivity contribution in [2.75, 3.05) is 7.05 Å². The monoisotopic (exact) mass is 466 g/mol. The second kappa shape index (κ2) is 14.3. The molecule has 1 atom stereocenters. The van der Waals surface area contributed by atoms with Crippen molar-refractivity contribution in [1.82, 2.24) is 10.4 Å². The molecule has 0 aromatic heterocycles. The van der Waals surface area contributed by atoms with Crippen LogP contribution in [0.4, 0.5) is 0 Å². The van der Waals surface area contributed by atoms with Crippen LogP contribution < -0.4 is 5.43 Å². The summed E-state index contributed by atoms with van der Waals surface area (Å²) in [5, 5.41) is 1.45. The van der Waals surface area contributed by atoms with E-state index in [-0.39, 0.29) is 41.2 Å². The topological polar surface area (TPSA) is 49.4 Å². The maximum atomic E-state index is 12.6. The molecule has 0 bridgehead atoms. The second-order valence-corrected chi connectivity index (χ2v) is 7.09. The summed E-state index contributed by atoms with van der Waals surface area (Å²) < 4.78 is 0. The average Bonchev–Trinajstić information content (AvgIpc) is 3.56. The smallest absolute Gasteiger partial charge is 0.294 e. The Kier molecular flexibility index (Phi) is 11.7. The Balaban J connectivity index is 0.000000534. The number of amides is 1. The molecule has 4 nitrogen and oxygen atoms in total. The van der Waals surface area contributed by atoms with Crippen LogP contribution in [0.5, 0.6) is 0 Å². The van der Waals surface area contributed by atoms with Gasteiger partial charge in [-0.3, -0.25) is 14.6 Å². The van der Waals surface area contributed by atoms with Crippen LogP contribution in [0.2, 0.25) is 0 Å². The first kappa shape index (κ1) is 26.3. The van der Waals surface area contributed by atoms with E-state index in [2.05, 4.69) is 5.43 Å². The molecule has 2 aromatic rings. The van der Waals surface area contributed by atoms with Gasteiger partial charge < -0.3 is 0 Å². The van der Waals surface area contributed by atoms with E-state index in [9.17, 15) is 9.59 Å². The van der Waals surface area contributed by atoms with Crippen molar-refractivity contribution in [2.24, 2.45) is 0 Å². The van der Waals surface area contributed by atoms with Gasteiger partial charge in [-0.25, -0.2) is 5.43 Å². The molecule has 1 N–H and O–H groups in total. The molecule has 2 aliphatic rings. The van der Waals surface area contributed by atoms with Gasteiger partial charge in [-0.15, -0.1) is 0 Å². The molecular weight excluding hydrogens is 440 g/mol. The van der Waals surface area contributed by atoms with Crippen molar-refractivity contribution in [3.63, 3.8) is 0 Å². The summed E-state index contributed by atoms with van der Waals surface area (Å²) in [7, 11) is 1.68. The van der Waals surface area contributed by atoms with Crippen LogP contribution >= 0.6 is 0 Å². The molecule has 2 fully saturated rings.